The lowest BCUT2D eigenvalue weighted by molar-refractivity contribution is -0.142. The molecular formula is C41H21F9N8. The van der Waals surface area contributed by atoms with E-state index in [1.807, 2.05) is 0 Å². The molecule has 8 nitrogen and oxygen atoms in total. The first-order valence-electron chi connectivity index (χ1n) is 17.2. The van der Waals surface area contributed by atoms with Crippen LogP contribution in [0.1, 0.15) is 22.8 Å². The van der Waals surface area contributed by atoms with E-state index in [1.54, 1.807) is 0 Å². The van der Waals surface area contributed by atoms with Gasteiger partial charge in [0.05, 0.1) is 50.2 Å². The molecule has 0 amide bonds. The van der Waals surface area contributed by atoms with Crippen LogP contribution in [0.15, 0.2) is 128 Å². The van der Waals surface area contributed by atoms with E-state index in [1.165, 1.54) is 108 Å². The summed E-state index contributed by atoms with van der Waals surface area (Å²) in [4.78, 5) is 25.6. The zero-order valence-electron chi connectivity index (χ0n) is 29.1. The quantitative estimate of drug-likeness (QED) is 0.163. The third-order valence-corrected chi connectivity index (χ3v) is 9.15. The molecular weight excluding hydrogens is 775 g/mol. The fraction of sp³-hybridized carbons (Fsp3) is 0.0732. The second-order valence-corrected chi connectivity index (χ2v) is 13.0. The Kier molecular flexibility index (Phi) is 8.31. The second kappa shape index (κ2) is 13.2. The molecule has 0 atom stereocenters. The molecule has 4 heterocycles. The monoisotopic (exact) mass is 796 g/mol. The largest absolute Gasteiger partial charge is 0.437 e. The third-order valence-electron chi connectivity index (χ3n) is 9.15. The number of fused-ring (bicyclic) bond motifs is 5. The molecule has 7 aromatic rings. The number of rotatable bonds is 3. The number of halogens is 9. The highest BCUT2D eigenvalue weighted by Gasteiger charge is 2.46. The number of para-hydroxylation sites is 8. The van der Waals surface area contributed by atoms with Crippen LogP contribution >= 0.6 is 0 Å². The highest BCUT2D eigenvalue weighted by Crippen LogP contribution is 2.51. The number of hydrogen-bond acceptors (Lipinski definition) is 8. The summed E-state index contributed by atoms with van der Waals surface area (Å²) in [7, 11) is 0. The van der Waals surface area contributed by atoms with Gasteiger partial charge in [-0.3, -0.25) is 9.80 Å². The van der Waals surface area contributed by atoms with Crippen LogP contribution in [0.25, 0.3) is 49.9 Å². The van der Waals surface area contributed by atoms with Gasteiger partial charge in [-0.25, -0.2) is 29.9 Å². The Bertz CT molecular complexity index is 2940. The first kappa shape index (κ1) is 36.5. The Morgan fingerprint density at radius 1 is 0.379 bits per heavy atom. The minimum atomic E-state index is -5.25. The van der Waals surface area contributed by atoms with E-state index < -0.39 is 58.6 Å². The fourth-order valence-corrected chi connectivity index (χ4v) is 6.54. The molecule has 2 aliphatic carbocycles. The van der Waals surface area contributed by atoms with E-state index in [0.29, 0.717) is 0 Å². The molecule has 58 heavy (non-hydrogen) atoms. The zero-order chi connectivity index (χ0) is 40.6. The van der Waals surface area contributed by atoms with Gasteiger partial charge in [0.25, 0.3) is 0 Å². The van der Waals surface area contributed by atoms with Crippen molar-refractivity contribution < 1.29 is 39.5 Å². The number of anilines is 4. The standard InChI is InChI=1S/C35H17F9N8.C6H4/c36-33(37,38)28-27(45-18-9-1-2-10-19(18)46-28)26-17-51(31-29(34(39,40)41)47-20-11-3-5-13-22(20)49-31)24-15-7-8-16-25(24)52(26)32-30(35(42,43)44)48-21-12-4-6-14-23(21)50-32;1-2-5-4-6(5)3-1/h1-17H;1-4H. The molecule has 3 aliphatic rings. The van der Waals surface area contributed by atoms with Crippen LogP contribution in [0.2, 0.25) is 0 Å². The summed E-state index contributed by atoms with van der Waals surface area (Å²) in [5, 5.41) is 0. The normalized spacial score (nSPS) is 13.6. The van der Waals surface area contributed by atoms with Crippen LogP contribution in [0.3, 0.4) is 0 Å². The van der Waals surface area contributed by atoms with Crippen molar-refractivity contribution in [3.63, 3.8) is 0 Å². The molecule has 4 aromatic carbocycles. The molecule has 0 radical (unpaired) electrons. The van der Waals surface area contributed by atoms with Crippen LogP contribution in [0.4, 0.5) is 62.5 Å². The smallest absolute Gasteiger partial charge is 0.296 e. The lowest BCUT2D eigenvalue weighted by Gasteiger charge is -2.38. The molecule has 0 bridgehead atoms. The van der Waals surface area contributed by atoms with Gasteiger partial charge < -0.3 is 0 Å². The maximum atomic E-state index is 14.9. The topological polar surface area (TPSA) is 83.8 Å². The molecule has 3 aromatic heterocycles. The van der Waals surface area contributed by atoms with Crippen molar-refractivity contribution in [2.75, 3.05) is 9.80 Å². The van der Waals surface area contributed by atoms with Crippen molar-refractivity contribution in [1.29, 1.82) is 0 Å². The minimum Gasteiger partial charge on any atom is -0.296 e. The fourth-order valence-electron chi connectivity index (χ4n) is 6.54. The highest BCUT2D eigenvalue weighted by atomic mass is 19.4. The van der Waals surface area contributed by atoms with Gasteiger partial charge in [0.1, 0.15) is 5.69 Å². The Morgan fingerprint density at radius 2 is 0.776 bits per heavy atom. The number of benzene rings is 5. The van der Waals surface area contributed by atoms with Crippen molar-refractivity contribution in [2.24, 2.45) is 0 Å². The molecule has 0 saturated carbocycles. The number of aromatic nitrogens is 6. The number of hydrogen-bond donors (Lipinski definition) is 0. The summed E-state index contributed by atoms with van der Waals surface area (Å²) >= 11 is 0. The lowest BCUT2D eigenvalue weighted by Crippen LogP contribution is -2.32. The molecule has 0 spiro atoms. The molecule has 0 saturated heterocycles. The average Bonchev–Trinajstić information content (AvgIpc) is 3.80. The lowest BCUT2D eigenvalue weighted by atomic mass is 10.1. The molecule has 0 unspecified atom stereocenters. The summed E-state index contributed by atoms with van der Waals surface area (Å²) in [6.45, 7) is 0. The molecule has 10 rings (SSSR count). The summed E-state index contributed by atoms with van der Waals surface area (Å²) in [5.74, 6) is -1.83. The minimum absolute atomic E-state index is 0.00147. The number of alkyl halides is 9. The van der Waals surface area contributed by atoms with Gasteiger partial charge in [-0.05, 0) is 65.7 Å². The van der Waals surface area contributed by atoms with Crippen LogP contribution in [0.5, 0.6) is 0 Å². The summed E-state index contributed by atoms with van der Waals surface area (Å²) < 4.78 is 134. The maximum Gasteiger partial charge on any atom is 0.437 e. The van der Waals surface area contributed by atoms with Gasteiger partial charge in [0.15, 0.2) is 28.7 Å². The number of nitrogens with zero attached hydrogens (tertiary/aromatic N) is 8. The highest BCUT2D eigenvalue weighted by molar-refractivity contribution is 6.00. The van der Waals surface area contributed by atoms with Crippen LogP contribution in [-0.2, 0) is 18.5 Å². The van der Waals surface area contributed by atoms with Crippen molar-refractivity contribution >= 4 is 61.8 Å². The van der Waals surface area contributed by atoms with E-state index in [0.717, 1.165) is 16.0 Å². The van der Waals surface area contributed by atoms with Gasteiger partial charge in [-0.2, -0.15) is 39.5 Å². The average molecular weight is 797 g/mol. The van der Waals surface area contributed by atoms with Crippen LogP contribution in [-0.4, -0.2) is 29.9 Å². The summed E-state index contributed by atoms with van der Waals surface area (Å²) in [6, 6.07) is 30.3. The van der Waals surface area contributed by atoms with Gasteiger partial charge >= 0.3 is 18.5 Å². The van der Waals surface area contributed by atoms with E-state index in [4.69, 9.17) is 0 Å². The zero-order valence-corrected chi connectivity index (χ0v) is 29.1. The van der Waals surface area contributed by atoms with Crippen molar-refractivity contribution in [2.45, 2.75) is 18.5 Å². The molecule has 1 aliphatic heterocycles. The van der Waals surface area contributed by atoms with E-state index in [-0.39, 0.29) is 44.5 Å². The van der Waals surface area contributed by atoms with Crippen molar-refractivity contribution in [3.05, 3.63) is 150 Å². The second-order valence-electron chi connectivity index (χ2n) is 13.0. The van der Waals surface area contributed by atoms with Gasteiger partial charge in [-0.1, -0.05) is 66.7 Å². The van der Waals surface area contributed by atoms with Gasteiger partial charge in [0, 0.05) is 6.20 Å². The predicted octanol–water partition coefficient (Wildman–Crippen LogP) is 11.5. The first-order chi connectivity index (χ1) is 27.6. The molecule has 0 fully saturated rings. The van der Waals surface area contributed by atoms with Crippen LogP contribution < -0.4 is 9.80 Å². The molecule has 17 heteroatoms. The van der Waals surface area contributed by atoms with Gasteiger partial charge in [-0.15, -0.1) is 0 Å². The predicted molar refractivity (Wildman–Crippen MR) is 198 cm³/mol. The molecule has 288 valence electrons. The first-order valence-corrected chi connectivity index (χ1v) is 17.2. The summed E-state index contributed by atoms with van der Waals surface area (Å²) in [5.41, 5.74) is -4.75. The Morgan fingerprint density at radius 3 is 1.22 bits per heavy atom. The maximum absolute atomic E-state index is 14.9. The Hall–Kier alpha value is -7.17. The summed E-state index contributed by atoms with van der Waals surface area (Å²) in [6.07, 6.45) is -14.8. The molecule has 0 N–H and O–H groups in total. The third kappa shape index (κ3) is 6.53. The Balaban J connectivity index is 0.000000658. The Labute approximate surface area is 320 Å². The van der Waals surface area contributed by atoms with Crippen LogP contribution in [0, 0.1) is 0 Å². The SMILES string of the molecule is FC(F)(F)c1nc2ccccc2nc1C1=CN(c2nc3ccccc3nc2C(F)(F)F)c2ccccc2N1c1nc2ccccc2nc1C(F)(F)F.c1cc2cc-2c1. The van der Waals surface area contributed by atoms with E-state index >= 15 is 0 Å². The van der Waals surface area contributed by atoms with Crippen molar-refractivity contribution in [3.8, 4) is 11.1 Å². The van der Waals surface area contributed by atoms with E-state index in [2.05, 4.69) is 54.2 Å². The van der Waals surface area contributed by atoms with E-state index in [9.17, 15) is 39.5 Å². The van der Waals surface area contributed by atoms with Crippen molar-refractivity contribution in [1.82, 2.24) is 29.9 Å². The van der Waals surface area contributed by atoms with Gasteiger partial charge in [0.2, 0.25) is 0 Å².